The van der Waals surface area contributed by atoms with Crippen molar-refractivity contribution in [3.05, 3.63) is 12.2 Å². The standard InChI is InChI=1S/C11H9F11O3/c1-5(2)6(23)24-4-3-7(12,13)11(21,22)25-8(14,9(15,16)17)10(18,19)20/h1,3-4H2,2H3. The Kier molecular flexibility index (Phi) is 6.51. The molecule has 0 aromatic rings. The van der Waals surface area contributed by atoms with Crippen molar-refractivity contribution >= 4 is 5.97 Å². The van der Waals surface area contributed by atoms with Gasteiger partial charge in [-0.3, -0.25) is 4.74 Å². The summed E-state index contributed by atoms with van der Waals surface area (Å²) in [7, 11) is 0. The van der Waals surface area contributed by atoms with Crippen molar-refractivity contribution in [1.82, 2.24) is 0 Å². The second-order valence-electron chi connectivity index (χ2n) is 4.58. The highest BCUT2D eigenvalue weighted by atomic mass is 19.4. The lowest BCUT2D eigenvalue weighted by Crippen LogP contribution is -2.61. The minimum absolute atomic E-state index is 0.358. The van der Waals surface area contributed by atoms with E-state index in [0.29, 0.717) is 0 Å². The van der Waals surface area contributed by atoms with Crippen LogP contribution in [-0.2, 0) is 14.3 Å². The summed E-state index contributed by atoms with van der Waals surface area (Å²) in [6.45, 7) is 2.47. The molecule has 3 nitrogen and oxygen atoms in total. The Balaban J connectivity index is 5.37. The van der Waals surface area contributed by atoms with Crippen LogP contribution < -0.4 is 0 Å². The quantitative estimate of drug-likeness (QED) is 0.359. The van der Waals surface area contributed by atoms with E-state index in [0.717, 1.165) is 6.92 Å². The number of ether oxygens (including phenoxy) is 2. The largest absolute Gasteiger partial charge is 0.462 e. The summed E-state index contributed by atoms with van der Waals surface area (Å²) in [5.41, 5.74) is -0.358. The van der Waals surface area contributed by atoms with Crippen LogP contribution in [-0.4, -0.2) is 42.8 Å². The maximum absolute atomic E-state index is 13.2. The Labute approximate surface area is 132 Å². The van der Waals surface area contributed by atoms with Gasteiger partial charge in [-0.1, -0.05) is 6.58 Å². The molecule has 0 aromatic heterocycles. The summed E-state index contributed by atoms with van der Waals surface area (Å²) in [6.07, 6.45) is -23.1. The Morgan fingerprint density at radius 2 is 1.28 bits per heavy atom. The first-order chi connectivity index (χ1) is 10.8. The first-order valence-corrected chi connectivity index (χ1v) is 5.89. The van der Waals surface area contributed by atoms with Gasteiger partial charge in [-0.15, -0.1) is 0 Å². The van der Waals surface area contributed by atoms with Gasteiger partial charge in [-0.2, -0.15) is 48.3 Å². The van der Waals surface area contributed by atoms with Gasteiger partial charge >= 0.3 is 36.2 Å². The average Bonchev–Trinajstić information content (AvgIpc) is 2.34. The van der Waals surface area contributed by atoms with Gasteiger partial charge < -0.3 is 4.74 Å². The second-order valence-corrected chi connectivity index (χ2v) is 4.58. The van der Waals surface area contributed by atoms with Gasteiger partial charge in [0.05, 0.1) is 13.0 Å². The van der Waals surface area contributed by atoms with E-state index in [4.69, 9.17) is 0 Å². The highest BCUT2D eigenvalue weighted by Gasteiger charge is 2.79. The molecule has 0 aliphatic heterocycles. The first-order valence-electron chi connectivity index (χ1n) is 5.89. The van der Waals surface area contributed by atoms with E-state index in [1.54, 1.807) is 0 Å². The topological polar surface area (TPSA) is 35.5 Å². The number of rotatable bonds is 7. The second kappa shape index (κ2) is 6.96. The predicted molar refractivity (Wildman–Crippen MR) is 57.3 cm³/mol. The van der Waals surface area contributed by atoms with E-state index in [2.05, 4.69) is 11.3 Å². The summed E-state index contributed by atoms with van der Waals surface area (Å²) in [4.78, 5) is 10.8. The molecule has 0 amide bonds. The molecule has 0 saturated heterocycles. The molecule has 148 valence electrons. The molecule has 0 atom stereocenters. The van der Waals surface area contributed by atoms with Crippen molar-refractivity contribution in [3.63, 3.8) is 0 Å². The summed E-state index contributed by atoms with van der Waals surface area (Å²) in [5, 5.41) is 0. The Bertz CT molecular complexity index is 492. The monoisotopic (exact) mass is 398 g/mol. The fourth-order valence-electron chi connectivity index (χ4n) is 1.07. The maximum Gasteiger partial charge on any atom is 0.458 e. The van der Waals surface area contributed by atoms with Crippen molar-refractivity contribution in [2.45, 2.75) is 43.6 Å². The van der Waals surface area contributed by atoms with Crippen LogP contribution in [0.4, 0.5) is 48.3 Å². The molecule has 0 N–H and O–H groups in total. The van der Waals surface area contributed by atoms with E-state index in [-0.39, 0.29) is 5.57 Å². The van der Waals surface area contributed by atoms with Gasteiger partial charge in [0.1, 0.15) is 0 Å². The van der Waals surface area contributed by atoms with E-state index in [9.17, 15) is 53.1 Å². The van der Waals surface area contributed by atoms with Crippen LogP contribution in [0.1, 0.15) is 13.3 Å². The lowest BCUT2D eigenvalue weighted by molar-refractivity contribution is -0.503. The molecule has 0 aromatic carbocycles. The van der Waals surface area contributed by atoms with Crippen molar-refractivity contribution in [2.75, 3.05) is 6.61 Å². The van der Waals surface area contributed by atoms with Gasteiger partial charge in [-0.05, 0) is 6.92 Å². The number of halogens is 11. The summed E-state index contributed by atoms with van der Waals surface area (Å²) >= 11 is 0. The highest BCUT2D eigenvalue weighted by Crippen LogP contribution is 2.52. The predicted octanol–water partition coefficient (Wildman–Crippen LogP) is 4.53. The number of carbonyl (C=O) groups is 1. The zero-order valence-corrected chi connectivity index (χ0v) is 12.0. The SMILES string of the molecule is C=C(C)C(=O)OCCC(F)(F)C(F)(F)OC(F)(C(F)(F)F)C(F)(F)F. The van der Waals surface area contributed by atoms with E-state index in [1.807, 2.05) is 4.74 Å². The molecule has 0 fully saturated rings. The highest BCUT2D eigenvalue weighted by molar-refractivity contribution is 5.86. The Morgan fingerprint density at radius 1 is 0.880 bits per heavy atom. The first kappa shape index (κ1) is 23.4. The molecule has 0 bridgehead atoms. The summed E-state index contributed by atoms with van der Waals surface area (Å²) in [6, 6.07) is 0. The third-order valence-electron chi connectivity index (χ3n) is 2.42. The molecular formula is C11H9F11O3. The third-order valence-corrected chi connectivity index (χ3v) is 2.42. The molecule has 0 aliphatic carbocycles. The summed E-state index contributed by atoms with van der Waals surface area (Å²) < 4.78 is 144. The zero-order chi connectivity index (χ0) is 20.5. The number of hydrogen-bond donors (Lipinski definition) is 0. The van der Waals surface area contributed by atoms with E-state index < -0.39 is 49.2 Å². The zero-order valence-electron chi connectivity index (χ0n) is 12.0. The van der Waals surface area contributed by atoms with Crippen molar-refractivity contribution in [1.29, 1.82) is 0 Å². The molecule has 0 spiro atoms. The Morgan fingerprint density at radius 3 is 1.60 bits per heavy atom. The normalized spacial score (nSPS) is 14.4. The molecule has 0 aliphatic rings. The molecule has 0 saturated carbocycles. The van der Waals surface area contributed by atoms with Crippen LogP contribution in [0.3, 0.4) is 0 Å². The number of hydrogen-bond acceptors (Lipinski definition) is 3. The number of carbonyl (C=O) groups excluding carboxylic acids is 1. The summed E-state index contributed by atoms with van der Waals surface area (Å²) in [5.74, 6) is -14.1. The molecule has 0 radical (unpaired) electrons. The van der Waals surface area contributed by atoms with Crippen molar-refractivity contribution in [2.24, 2.45) is 0 Å². The molecule has 0 unspecified atom stereocenters. The smallest absolute Gasteiger partial charge is 0.458 e. The molecule has 0 rings (SSSR count). The van der Waals surface area contributed by atoms with Crippen LogP contribution >= 0.6 is 0 Å². The molecule has 14 heteroatoms. The van der Waals surface area contributed by atoms with Gasteiger partial charge in [-0.25, -0.2) is 4.79 Å². The van der Waals surface area contributed by atoms with Gasteiger partial charge in [0, 0.05) is 5.57 Å². The average molecular weight is 398 g/mol. The van der Waals surface area contributed by atoms with Crippen LogP contribution in [0.25, 0.3) is 0 Å². The van der Waals surface area contributed by atoms with E-state index >= 15 is 0 Å². The van der Waals surface area contributed by atoms with Crippen molar-refractivity contribution in [3.8, 4) is 0 Å². The Hall–Kier alpha value is -1.60. The molecule has 0 heterocycles. The van der Waals surface area contributed by atoms with Crippen molar-refractivity contribution < 1.29 is 62.6 Å². The van der Waals surface area contributed by atoms with E-state index in [1.165, 1.54) is 0 Å². The lowest BCUT2D eigenvalue weighted by atomic mass is 10.2. The minimum Gasteiger partial charge on any atom is -0.462 e. The lowest BCUT2D eigenvalue weighted by Gasteiger charge is -2.35. The van der Waals surface area contributed by atoms with Gasteiger partial charge in [0.15, 0.2) is 0 Å². The van der Waals surface area contributed by atoms with Gasteiger partial charge in [0.2, 0.25) is 0 Å². The van der Waals surface area contributed by atoms with Crippen LogP contribution in [0.15, 0.2) is 12.2 Å². The molecular weight excluding hydrogens is 389 g/mol. The fraction of sp³-hybridized carbons (Fsp3) is 0.727. The minimum atomic E-state index is -7.13. The number of esters is 1. The maximum atomic E-state index is 13.2. The van der Waals surface area contributed by atoms with Gasteiger partial charge in [0.25, 0.3) is 0 Å². The third kappa shape index (κ3) is 5.19. The number of alkyl halides is 11. The fourth-order valence-corrected chi connectivity index (χ4v) is 1.07. The van der Waals surface area contributed by atoms with Crippen LogP contribution in [0, 0.1) is 0 Å². The van der Waals surface area contributed by atoms with Crippen LogP contribution in [0.2, 0.25) is 0 Å². The molecule has 25 heavy (non-hydrogen) atoms. The van der Waals surface area contributed by atoms with Crippen LogP contribution in [0.5, 0.6) is 0 Å².